The molecule has 0 radical (unpaired) electrons. The third-order valence-corrected chi connectivity index (χ3v) is 6.01. The number of hydrogen-bond acceptors (Lipinski definition) is 5. The molecule has 7 heteroatoms. The van der Waals surface area contributed by atoms with Crippen LogP contribution in [0.3, 0.4) is 0 Å². The lowest BCUT2D eigenvalue weighted by Crippen LogP contribution is -2.25. The van der Waals surface area contributed by atoms with Crippen LogP contribution in [-0.2, 0) is 0 Å². The summed E-state index contributed by atoms with van der Waals surface area (Å²) in [4.78, 5) is 33.9. The maximum Gasteiger partial charge on any atom is 0.259 e. The Morgan fingerprint density at radius 1 is 1.26 bits per heavy atom. The number of thiophene rings is 1. The lowest BCUT2D eigenvalue weighted by molar-refractivity contribution is 0.0951. The Balaban J connectivity index is 1.51. The highest BCUT2D eigenvalue weighted by molar-refractivity contribution is 7.18. The van der Waals surface area contributed by atoms with E-state index in [2.05, 4.69) is 20.6 Å². The lowest BCUT2D eigenvalue weighted by atomic mass is 10.1. The second-order valence-electron chi connectivity index (χ2n) is 7.11. The van der Waals surface area contributed by atoms with Crippen molar-refractivity contribution < 1.29 is 4.79 Å². The van der Waals surface area contributed by atoms with Crippen molar-refractivity contribution >= 4 is 33.1 Å². The van der Waals surface area contributed by atoms with E-state index in [1.165, 1.54) is 0 Å². The Bertz CT molecular complexity index is 1060. The first-order chi connectivity index (χ1) is 12.9. The fraction of sp³-hybridized carbons (Fsp3) is 0.350. The largest absolute Gasteiger partial charge is 0.375 e. The molecule has 140 valence electrons. The van der Waals surface area contributed by atoms with E-state index in [1.807, 2.05) is 32.9 Å². The molecule has 0 saturated heterocycles. The van der Waals surface area contributed by atoms with Gasteiger partial charge in [-0.05, 0) is 63.4 Å². The number of amides is 1. The maximum atomic E-state index is 12.4. The Hall–Kier alpha value is -2.67. The number of H-pyrrole nitrogens is 1. The quantitative estimate of drug-likeness (QED) is 0.628. The van der Waals surface area contributed by atoms with Gasteiger partial charge in [0.05, 0.1) is 11.4 Å². The predicted molar refractivity (Wildman–Crippen MR) is 109 cm³/mol. The topological polar surface area (TPSA) is 86.9 Å². The third-order valence-electron chi connectivity index (χ3n) is 4.91. The highest BCUT2D eigenvalue weighted by atomic mass is 32.1. The van der Waals surface area contributed by atoms with Crippen LogP contribution in [0.15, 0.2) is 29.1 Å². The smallest absolute Gasteiger partial charge is 0.259 e. The molecule has 0 aliphatic heterocycles. The SMILES string of the molecule is Cc1sc2nc(C(C)Nc3ccc(C(=O)NC4CC4)cc3)[nH]c(=O)c2c1C. The fourth-order valence-corrected chi connectivity index (χ4v) is 4.05. The number of carbonyl (C=O) groups excluding carboxylic acids is 1. The summed E-state index contributed by atoms with van der Waals surface area (Å²) in [7, 11) is 0. The van der Waals surface area contributed by atoms with Crippen molar-refractivity contribution in [2.45, 2.75) is 45.7 Å². The van der Waals surface area contributed by atoms with Crippen molar-refractivity contribution in [3.8, 4) is 0 Å². The summed E-state index contributed by atoms with van der Waals surface area (Å²) in [6, 6.07) is 7.52. The van der Waals surface area contributed by atoms with Gasteiger partial charge in [0.15, 0.2) is 0 Å². The van der Waals surface area contributed by atoms with E-state index in [-0.39, 0.29) is 17.5 Å². The van der Waals surface area contributed by atoms with Crippen LogP contribution in [0.2, 0.25) is 0 Å². The van der Waals surface area contributed by atoms with Crippen LogP contribution >= 0.6 is 11.3 Å². The summed E-state index contributed by atoms with van der Waals surface area (Å²) >= 11 is 1.54. The Labute approximate surface area is 161 Å². The van der Waals surface area contributed by atoms with Crippen LogP contribution in [0.4, 0.5) is 5.69 Å². The molecule has 3 aromatic rings. The number of rotatable bonds is 5. The van der Waals surface area contributed by atoms with Gasteiger partial charge in [-0.3, -0.25) is 9.59 Å². The van der Waals surface area contributed by atoms with E-state index >= 15 is 0 Å². The van der Waals surface area contributed by atoms with Crippen molar-refractivity contribution in [1.82, 2.24) is 15.3 Å². The number of fused-ring (bicyclic) bond motifs is 1. The summed E-state index contributed by atoms with van der Waals surface area (Å²) in [6.07, 6.45) is 2.14. The van der Waals surface area contributed by atoms with E-state index in [0.717, 1.165) is 33.8 Å². The zero-order valence-electron chi connectivity index (χ0n) is 15.6. The van der Waals surface area contributed by atoms with Gasteiger partial charge in [-0.15, -0.1) is 11.3 Å². The molecule has 4 rings (SSSR count). The molecule has 1 amide bonds. The molecule has 27 heavy (non-hydrogen) atoms. The van der Waals surface area contributed by atoms with E-state index in [0.29, 0.717) is 22.8 Å². The second kappa shape index (κ2) is 6.81. The molecule has 2 aromatic heterocycles. The lowest BCUT2D eigenvalue weighted by Gasteiger charge is -2.15. The maximum absolute atomic E-state index is 12.4. The number of aromatic amines is 1. The first-order valence-corrected chi connectivity index (χ1v) is 9.91. The van der Waals surface area contributed by atoms with E-state index in [1.54, 1.807) is 23.5 Å². The number of nitrogens with zero attached hydrogens (tertiary/aromatic N) is 1. The molecule has 2 heterocycles. The molecule has 1 aromatic carbocycles. The molecule has 1 unspecified atom stereocenters. The highest BCUT2D eigenvalue weighted by Crippen LogP contribution is 2.27. The summed E-state index contributed by atoms with van der Waals surface area (Å²) < 4.78 is 0. The zero-order valence-corrected chi connectivity index (χ0v) is 16.4. The van der Waals surface area contributed by atoms with Crippen LogP contribution in [0.1, 0.15) is 52.4 Å². The monoisotopic (exact) mass is 382 g/mol. The first kappa shape index (κ1) is 17.7. The van der Waals surface area contributed by atoms with Gasteiger partial charge in [-0.2, -0.15) is 0 Å². The summed E-state index contributed by atoms with van der Waals surface area (Å²) in [6.45, 7) is 5.90. The molecule has 1 aliphatic carbocycles. The van der Waals surface area contributed by atoms with Gasteiger partial charge in [0.2, 0.25) is 0 Å². The standard InChI is InChI=1S/C20H22N4O2S/c1-10-12(3)27-20-16(10)19(26)23-17(24-20)11(2)21-14-6-4-13(5-7-14)18(25)22-15-8-9-15/h4-7,11,15,21H,8-9H2,1-3H3,(H,22,25)(H,23,24,26). The molecule has 0 bridgehead atoms. The Kier molecular flexibility index (Phi) is 4.47. The molecule has 6 nitrogen and oxygen atoms in total. The summed E-state index contributed by atoms with van der Waals surface area (Å²) in [5.41, 5.74) is 2.41. The fourth-order valence-electron chi connectivity index (χ4n) is 3.01. The van der Waals surface area contributed by atoms with Gasteiger partial charge < -0.3 is 15.6 Å². The molecule has 1 atom stereocenters. The minimum absolute atomic E-state index is 0.0306. The second-order valence-corrected chi connectivity index (χ2v) is 8.31. The Morgan fingerprint density at radius 3 is 2.63 bits per heavy atom. The molecule has 1 fully saturated rings. The number of anilines is 1. The predicted octanol–water partition coefficient (Wildman–Crippen LogP) is 3.67. The highest BCUT2D eigenvalue weighted by Gasteiger charge is 2.23. The number of hydrogen-bond donors (Lipinski definition) is 3. The average Bonchev–Trinajstić information content (AvgIpc) is 3.40. The van der Waals surface area contributed by atoms with E-state index in [9.17, 15) is 9.59 Å². The van der Waals surface area contributed by atoms with Crippen molar-refractivity contribution in [2.75, 3.05) is 5.32 Å². The third kappa shape index (κ3) is 3.60. The number of benzene rings is 1. The summed E-state index contributed by atoms with van der Waals surface area (Å²) in [5.74, 6) is 0.571. The van der Waals surface area contributed by atoms with Crippen LogP contribution in [0, 0.1) is 13.8 Å². The molecule has 3 N–H and O–H groups in total. The van der Waals surface area contributed by atoms with Crippen molar-refractivity contribution in [2.24, 2.45) is 0 Å². The van der Waals surface area contributed by atoms with Crippen LogP contribution in [-0.4, -0.2) is 21.9 Å². The summed E-state index contributed by atoms with van der Waals surface area (Å²) in [5, 5.41) is 6.99. The van der Waals surface area contributed by atoms with Gasteiger partial charge in [-0.25, -0.2) is 4.98 Å². The number of aryl methyl sites for hydroxylation is 2. The minimum Gasteiger partial charge on any atom is -0.375 e. The van der Waals surface area contributed by atoms with Gasteiger partial charge in [0.25, 0.3) is 11.5 Å². The van der Waals surface area contributed by atoms with E-state index in [4.69, 9.17) is 0 Å². The zero-order chi connectivity index (χ0) is 19.1. The van der Waals surface area contributed by atoms with Gasteiger partial charge in [0, 0.05) is 22.2 Å². The van der Waals surface area contributed by atoms with Gasteiger partial charge in [0.1, 0.15) is 10.7 Å². The van der Waals surface area contributed by atoms with Crippen LogP contribution < -0.4 is 16.2 Å². The van der Waals surface area contributed by atoms with E-state index < -0.39 is 0 Å². The molecule has 0 spiro atoms. The normalized spacial score (nSPS) is 14.9. The van der Waals surface area contributed by atoms with Crippen molar-refractivity contribution in [1.29, 1.82) is 0 Å². The number of carbonyl (C=O) groups is 1. The van der Waals surface area contributed by atoms with Gasteiger partial charge >= 0.3 is 0 Å². The van der Waals surface area contributed by atoms with Gasteiger partial charge in [-0.1, -0.05) is 0 Å². The van der Waals surface area contributed by atoms with Crippen molar-refractivity contribution in [3.63, 3.8) is 0 Å². The molecular weight excluding hydrogens is 360 g/mol. The van der Waals surface area contributed by atoms with Crippen LogP contribution in [0.25, 0.3) is 10.2 Å². The molecule has 1 saturated carbocycles. The molecular formula is C20H22N4O2S. The average molecular weight is 382 g/mol. The first-order valence-electron chi connectivity index (χ1n) is 9.09. The molecule has 1 aliphatic rings. The van der Waals surface area contributed by atoms with Crippen molar-refractivity contribution in [3.05, 3.63) is 56.4 Å². The number of nitrogens with one attached hydrogen (secondary N) is 3. The minimum atomic E-state index is -0.170. The number of aromatic nitrogens is 2. The Morgan fingerprint density at radius 2 is 1.96 bits per heavy atom. The van der Waals surface area contributed by atoms with Crippen LogP contribution in [0.5, 0.6) is 0 Å².